The Hall–Kier alpha value is -2.76. The average Bonchev–Trinajstić information content (AvgIpc) is 2.98. The van der Waals surface area contributed by atoms with Crippen LogP contribution in [0, 0.1) is 11.3 Å². The number of likely N-dealkylation sites (tertiary alicyclic amines) is 1. The fourth-order valence-corrected chi connectivity index (χ4v) is 4.39. The predicted molar refractivity (Wildman–Crippen MR) is 99.5 cm³/mol. The van der Waals surface area contributed by atoms with Gasteiger partial charge in [0, 0.05) is 31.6 Å². The zero-order valence-electron chi connectivity index (χ0n) is 15.6. The summed E-state index contributed by atoms with van der Waals surface area (Å²) in [6.45, 7) is 2.45. The van der Waals surface area contributed by atoms with Crippen LogP contribution in [0.2, 0.25) is 0 Å². The van der Waals surface area contributed by atoms with E-state index < -0.39 is 17.5 Å². The Bertz CT molecular complexity index is 892. The third kappa shape index (κ3) is 3.39. The van der Waals surface area contributed by atoms with Gasteiger partial charge >= 0.3 is 0 Å². The fraction of sp³-hybridized carbons (Fsp3) is 0.500. The van der Waals surface area contributed by atoms with Crippen molar-refractivity contribution in [1.82, 2.24) is 15.1 Å². The summed E-state index contributed by atoms with van der Waals surface area (Å²) < 4.78 is 0. The highest BCUT2D eigenvalue weighted by Crippen LogP contribution is 2.29. The minimum atomic E-state index is -0.798. The van der Waals surface area contributed by atoms with E-state index in [9.17, 15) is 19.6 Å². The van der Waals surface area contributed by atoms with Crippen molar-refractivity contribution in [2.45, 2.75) is 50.4 Å². The van der Waals surface area contributed by atoms with Crippen molar-refractivity contribution in [3.63, 3.8) is 0 Å². The molecule has 2 fully saturated rings. The molecule has 1 aromatic rings. The monoisotopic (exact) mass is 381 g/mol. The minimum absolute atomic E-state index is 0.167. The standard InChI is InChI=1S/C20H23N5O3/c21-11-20(22)6-1-7-24(12-20)9-13-2-3-15-14(8-13)10-25(19(15)28)16-4-5-17(26)23-18(16)27/h2-3,8,16H,1,4-7,9-10,12,22H2,(H,23,26,27). The first-order valence-electron chi connectivity index (χ1n) is 9.57. The molecule has 3 aliphatic heterocycles. The predicted octanol–water partition coefficient (Wildman–Crippen LogP) is 0.264. The number of hydrogen-bond donors (Lipinski definition) is 2. The molecule has 4 rings (SSSR count). The fourth-order valence-electron chi connectivity index (χ4n) is 4.39. The number of nitriles is 1. The van der Waals surface area contributed by atoms with Crippen LogP contribution in [0.5, 0.6) is 0 Å². The molecule has 146 valence electrons. The zero-order valence-corrected chi connectivity index (χ0v) is 15.6. The largest absolute Gasteiger partial charge is 0.322 e. The van der Waals surface area contributed by atoms with Crippen LogP contribution < -0.4 is 11.1 Å². The lowest BCUT2D eigenvalue weighted by atomic mass is 9.91. The number of hydrogen-bond acceptors (Lipinski definition) is 6. The summed E-state index contributed by atoms with van der Waals surface area (Å²) >= 11 is 0. The maximum absolute atomic E-state index is 12.7. The van der Waals surface area contributed by atoms with Crippen molar-refractivity contribution in [2.24, 2.45) is 5.73 Å². The molecule has 3 N–H and O–H groups in total. The van der Waals surface area contributed by atoms with Crippen molar-refractivity contribution < 1.29 is 14.4 Å². The highest BCUT2D eigenvalue weighted by atomic mass is 16.2. The Balaban J connectivity index is 1.48. The second kappa shape index (κ2) is 7.00. The van der Waals surface area contributed by atoms with Gasteiger partial charge in [-0.2, -0.15) is 5.26 Å². The van der Waals surface area contributed by atoms with Crippen molar-refractivity contribution in [2.75, 3.05) is 13.1 Å². The number of nitrogens with one attached hydrogen (secondary N) is 1. The Morgan fingerprint density at radius 3 is 2.89 bits per heavy atom. The molecule has 2 atom stereocenters. The van der Waals surface area contributed by atoms with Gasteiger partial charge in [-0.1, -0.05) is 12.1 Å². The minimum Gasteiger partial charge on any atom is -0.322 e. The third-order valence-corrected chi connectivity index (χ3v) is 5.82. The number of benzene rings is 1. The summed E-state index contributed by atoms with van der Waals surface area (Å²) in [6.07, 6.45) is 2.20. The molecule has 0 radical (unpaired) electrons. The van der Waals surface area contributed by atoms with Gasteiger partial charge in [0.1, 0.15) is 11.6 Å². The van der Waals surface area contributed by atoms with Crippen molar-refractivity contribution >= 4 is 17.7 Å². The second-order valence-electron chi connectivity index (χ2n) is 7.97. The van der Waals surface area contributed by atoms with Crippen LogP contribution in [0.3, 0.4) is 0 Å². The summed E-state index contributed by atoms with van der Waals surface area (Å²) in [6, 6.07) is 7.34. The number of imide groups is 1. The van der Waals surface area contributed by atoms with Crippen molar-refractivity contribution in [1.29, 1.82) is 5.26 Å². The first-order valence-corrected chi connectivity index (χ1v) is 9.57. The van der Waals surface area contributed by atoms with E-state index >= 15 is 0 Å². The third-order valence-electron chi connectivity index (χ3n) is 5.82. The summed E-state index contributed by atoms with van der Waals surface area (Å²) in [5.41, 5.74) is 7.88. The molecule has 0 spiro atoms. The molecule has 0 saturated carbocycles. The van der Waals surface area contributed by atoms with Gasteiger partial charge in [-0.05, 0) is 43.0 Å². The summed E-state index contributed by atoms with van der Waals surface area (Å²) in [7, 11) is 0. The number of carbonyl (C=O) groups excluding carboxylic acids is 3. The average molecular weight is 381 g/mol. The quantitative estimate of drug-likeness (QED) is 0.725. The molecule has 0 aliphatic carbocycles. The highest BCUT2D eigenvalue weighted by molar-refractivity contribution is 6.05. The van der Waals surface area contributed by atoms with Crippen LogP contribution in [-0.2, 0) is 22.7 Å². The molecule has 0 bridgehead atoms. The molecular formula is C20H23N5O3. The van der Waals surface area contributed by atoms with Gasteiger partial charge in [0.15, 0.2) is 0 Å². The van der Waals surface area contributed by atoms with Crippen LogP contribution in [0.15, 0.2) is 18.2 Å². The van der Waals surface area contributed by atoms with Gasteiger partial charge in [-0.3, -0.25) is 24.6 Å². The summed E-state index contributed by atoms with van der Waals surface area (Å²) in [5.74, 6) is -0.858. The Morgan fingerprint density at radius 1 is 1.32 bits per heavy atom. The van der Waals surface area contributed by atoms with E-state index in [-0.39, 0.29) is 18.2 Å². The first kappa shape index (κ1) is 18.6. The Kier molecular flexibility index (Phi) is 4.65. The lowest BCUT2D eigenvalue weighted by Crippen LogP contribution is -2.52. The van der Waals surface area contributed by atoms with Crippen molar-refractivity contribution in [3.05, 3.63) is 34.9 Å². The first-order chi connectivity index (χ1) is 13.4. The van der Waals surface area contributed by atoms with Crippen LogP contribution in [0.1, 0.15) is 47.2 Å². The van der Waals surface area contributed by atoms with E-state index in [1.807, 2.05) is 18.2 Å². The maximum atomic E-state index is 12.7. The number of fused-ring (bicyclic) bond motifs is 1. The Morgan fingerprint density at radius 2 is 2.14 bits per heavy atom. The molecular weight excluding hydrogens is 358 g/mol. The van der Waals surface area contributed by atoms with E-state index in [1.54, 1.807) is 4.90 Å². The van der Waals surface area contributed by atoms with Gasteiger partial charge in [0.05, 0.1) is 6.07 Å². The number of nitrogens with two attached hydrogens (primary N) is 1. The number of carbonyl (C=O) groups is 3. The number of piperidine rings is 2. The lowest BCUT2D eigenvalue weighted by molar-refractivity contribution is -0.136. The van der Waals surface area contributed by atoms with Gasteiger partial charge in [0.25, 0.3) is 5.91 Å². The molecule has 8 heteroatoms. The van der Waals surface area contributed by atoms with Gasteiger partial charge in [-0.15, -0.1) is 0 Å². The second-order valence-corrected chi connectivity index (χ2v) is 7.97. The zero-order chi connectivity index (χ0) is 19.9. The van der Waals surface area contributed by atoms with E-state index in [0.717, 1.165) is 24.1 Å². The topological polar surface area (TPSA) is 120 Å². The Labute approximate surface area is 163 Å². The molecule has 0 aromatic heterocycles. The lowest BCUT2D eigenvalue weighted by Gasteiger charge is -2.35. The molecule has 1 aromatic carbocycles. The van der Waals surface area contributed by atoms with E-state index in [4.69, 9.17) is 5.73 Å². The smallest absolute Gasteiger partial charge is 0.255 e. The van der Waals surface area contributed by atoms with E-state index in [0.29, 0.717) is 38.0 Å². The maximum Gasteiger partial charge on any atom is 0.255 e. The van der Waals surface area contributed by atoms with Gasteiger partial charge < -0.3 is 10.6 Å². The van der Waals surface area contributed by atoms with Crippen LogP contribution in [-0.4, -0.2) is 52.2 Å². The molecule has 3 aliphatic rings. The summed E-state index contributed by atoms with van der Waals surface area (Å²) in [4.78, 5) is 40.0. The van der Waals surface area contributed by atoms with Gasteiger partial charge in [-0.25, -0.2) is 0 Å². The molecule has 2 unspecified atom stereocenters. The number of nitrogens with zero attached hydrogens (tertiary/aromatic N) is 3. The van der Waals surface area contributed by atoms with Crippen LogP contribution in [0.25, 0.3) is 0 Å². The highest BCUT2D eigenvalue weighted by Gasteiger charge is 2.39. The molecule has 28 heavy (non-hydrogen) atoms. The van der Waals surface area contributed by atoms with Gasteiger partial charge in [0.2, 0.25) is 11.8 Å². The SMILES string of the molecule is N#CC1(N)CCCN(Cc2ccc3c(c2)CN(C2CCC(=O)NC2=O)C3=O)C1. The van der Waals surface area contributed by atoms with Crippen molar-refractivity contribution in [3.8, 4) is 6.07 Å². The van der Waals surface area contributed by atoms with E-state index in [2.05, 4.69) is 16.3 Å². The van der Waals surface area contributed by atoms with Crippen LogP contribution >= 0.6 is 0 Å². The molecule has 3 amide bonds. The number of amides is 3. The normalized spacial score (nSPS) is 28.1. The molecule has 8 nitrogen and oxygen atoms in total. The van der Waals surface area contributed by atoms with Crippen LogP contribution in [0.4, 0.5) is 0 Å². The summed E-state index contributed by atoms with van der Waals surface area (Å²) in [5, 5.41) is 11.6. The molecule has 3 heterocycles. The van der Waals surface area contributed by atoms with E-state index in [1.165, 1.54) is 0 Å². The number of rotatable bonds is 3. The molecule has 2 saturated heterocycles.